The number of esters is 1. The lowest BCUT2D eigenvalue weighted by atomic mass is 10.2. The molecule has 0 spiro atoms. The van der Waals surface area contributed by atoms with E-state index in [1.165, 1.54) is 0 Å². The van der Waals surface area contributed by atoms with Crippen LogP contribution in [-0.4, -0.2) is 31.8 Å². The van der Waals surface area contributed by atoms with Crippen LogP contribution in [0.1, 0.15) is 17.4 Å². The van der Waals surface area contributed by atoms with E-state index in [1.807, 2.05) is 0 Å². The number of methoxy groups -OCH3 is 2. The highest BCUT2D eigenvalue weighted by Gasteiger charge is 2.14. The lowest BCUT2D eigenvalue weighted by Gasteiger charge is -2.04. The molecule has 2 aromatic rings. The molecule has 5 heteroatoms. The van der Waals surface area contributed by atoms with E-state index in [2.05, 4.69) is 4.98 Å². The van der Waals surface area contributed by atoms with Crippen LogP contribution >= 0.6 is 0 Å². The first kappa shape index (κ1) is 12.3. The molecule has 0 aliphatic rings. The Hall–Kier alpha value is -2.17. The quantitative estimate of drug-likeness (QED) is 0.845. The third-order valence-corrected chi connectivity index (χ3v) is 2.62. The molecule has 5 nitrogen and oxygen atoms in total. The monoisotopic (exact) mass is 249 g/mol. The van der Waals surface area contributed by atoms with E-state index >= 15 is 0 Å². The van der Waals surface area contributed by atoms with Gasteiger partial charge in [-0.15, -0.1) is 0 Å². The minimum atomic E-state index is -0.380. The third kappa shape index (κ3) is 2.11. The smallest absolute Gasteiger partial charge is 0.354 e. The van der Waals surface area contributed by atoms with Gasteiger partial charge in [-0.1, -0.05) is 0 Å². The number of rotatable bonds is 4. The number of hydrogen-bond acceptors (Lipinski definition) is 4. The standard InChI is InChI=1S/C13H15NO4/c1-4-18-13(15)11-7-9-10(14-11)5-8(16-2)6-12(9)17-3/h5-7,14H,4H2,1-3H3. The van der Waals surface area contributed by atoms with Crippen molar-refractivity contribution >= 4 is 16.9 Å². The number of fused-ring (bicyclic) bond motifs is 1. The van der Waals surface area contributed by atoms with Gasteiger partial charge in [0.15, 0.2) is 0 Å². The van der Waals surface area contributed by atoms with Gasteiger partial charge in [0.2, 0.25) is 0 Å². The molecule has 0 amide bonds. The molecule has 0 saturated heterocycles. The van der Waals surface area contributed by atoms with Gasteiger partial charge in [0, 0.05) is 17.5 Å². The Balaban J connectivity index is 2.52. The number of aromatic nitrogens is 1. The van der Waals surface area contributed by atoms with Crippen LogP contribution in [0.3, 0.4) is 0 Å². The van der Waals surface area contributed by atoms with Crippen LogP contribution in [0.25, 0.3) is 10.9 Å². The first-order chi connectivity index (χ1) is 8.69. The first-order valence-electron chi connectivity index (χ1n) is 5.61. The number of carbonyl (C=O) groups is 1. The molecule has 0 aliphatic heterocycles. The summed E-state index contributed by atoms with van der Waals surface area (Å²) in [5.41, 5.74) is 1.17. The molecule has 0 aliphatic carbocycles. The normalized spacial score (nSPS) is 10.4. The van der Waals surface area contributed by atoms with E-state index in [0.29, 0.717) is 23.8 Å². The maximum Gasteiger partial charge on any atom is 0.354 e. The van der Waals surface area contributed by atoms with E-state index in [4.69, 9.17) is 14.2 Å². The second kappa shape index (κ2) is 5.00. The van der Waals surface area contributed by atoms with E-state index in [1.54, 1.807) is 39.3 Å². The Bertz CT molecular complexity index is 574. The minimum absolute atomic E-state index is 0.342. The molecule has 1 heterocycles. The Kier molecular flexibility index (Phi) is 3.41. The predicted molar refractivity (Wildman–Crippen MR) is 67.4 cm³/mol. The molecule has 0 atom stereocenters. The molecule has 96 valence electrons. The van der Waals surface area contributed by atoms with Crippen molar-refractivity contribution in [1.29, 1.82) is 0 Å². The Morgan fingerprint density at radius 2 is 2.00 bits per heavy atom. The molecule has 18 heavy (non-hydrogen) atoms. The van der Waals surface area contributed by atoms with E-state index in [9.17, 15) is 4.79 Å². The van der Waals surface area contributed by atoms with Gasteiger partial charge < -0.3 is 19.2 Å². The summed E-state index contributed by atoms with van der Waals surface area (Å²) in [5, 5.41) is 0.821. The summed E-state index contributed by atoms with van der Waals surface area (Å²) in [6, 6.07) is 5.29. The van der Waals surface area contributed by atoms with Crippen molar-refractivity contribution in [3.05, 3.63) is 23.9 Å². The highest BCUT2D eigenvalue weighted by molar-refractivity contribution is 5.97. The summed E-state index contributed by atoms with van der Waals surface area (Å²) in [6.07, 6.45) is 0. The van der Waals surface area contributed by atoms with Crippen molar-refractivity contribution in [2.24, 2.45) is 0 Å². The first-order valence-corrected chi connectivity index (χ1v) is 5.61. The second-order valence-corrected chi connectivity index (χ2v) is 3.69. The summed E-state index contributed by atoms with van der Waals surface area (Å²) < 4.78 is 15.4. The molecular formula is C13H15NO4. The van der Waals surface area contributed by atoms with Crippen LogP contribution in [-0.2, 0) is 4.74 Å². The van der Waals surface area contributed by atoms with Crippen molar-refractivity contribution in [3.8, 4) is 11.5 Å². The number of nitrogens with one attached hydrogen (secondary N) is 1. The van der Waals surface area contributed by atoms with Crippen molar-refractivity contribution in [1.82, 2.24) is 4.98 Å². The summed E-state index contributed by atoms with van der Waals surface area (Å²) in [4.78, 5) is 14.6. The van der Waals surface area contributed by atoms with Crippen molar-refractivity contribution in [3.63, 3.8) is 0 Å². The van der Waals surface area contributed by atoms with Crippen LogP contribution in [0.5, 0.6) is 11.5 Å². The minimum Gasteiger partial charge on any atom is -0.497 e. The Labute approximate surface area is 105 Å². The van der Waals surface area contributed by atoms with Gasteiger partial charge in [0.25, 0.3) is 0 Å². The fraction of sp³-hybridized carbons (Fsp3) is 0.308. The Morgan fingerprint density at radius 3 is 2.61 bits per heavy atom. The summed E-state index contributed by atoms with van der Waals surface area (Å²) in [5.74, 6) is 0.933. The van der Waals surface area contributed by atoms with Crippen LogP contribution in [0.15, 0.2) is 18.2 Å². The van der Waals surface area contributed by atoms with Gasteiger partial charge in [-0.05, 0) is 13.0 Å². The molecule has 1 aromatic carbocycles. The topological polar surface area (TPSA) is 60.6 Å². The number of ether oxygens (including phenoxy) is 3. The van der Waals surface area contributed by atoms with E-state index in [-0.39, 0.29) is 5.97 Å². The zero-order valence-electron chi connectivity index (χ0n) is 10.6. The van der Waals surface area contributed by atoms with Gasteiger partial charge in [-0.2, -0.15) is 0 Å². The number of hydrogen-bond donors (Lipinski definition) is 1. The maximum atomic E-state index is 11.6. The fourth-order valence-electron chi connectivity index (χ4n) is 1.78. The predicted octanol–water partition coefficient (Wildman–Crippen LogP) is 2.36. The molecular weight excluding hydrogens is 234 g/mol. The van der Waals surface area contributed by atoms with Gasteiger partial charge in [-0.25, -0.2) is 4.79 Å². The molecule has 0 fully saturated rings. The van der Waals surface area contributed by atoms with Crippen LogP contribution in [0, 0.1) is 0 Å². The number of H-pyrrole nitrogens is 1. The SMILES string of the molecule is CCOC(=O)c1cc2c(OC)cc(OC)cc2[nH]1. The number of carbonyl (C=O) groups excluding carboxylic acids is 1. The van der Waals surface area contributed by atoms with Crippen LogP contribution in [0.2, 0.25) is 0 Å². The number of benzene rings is 1. The summed E-state index contributed by atoms with van der Waals surface area (Å²) in [6.45, 7) is 2.11. The van der Waals surface area contributed by atoms with Gasteiger partial charge in [0.1, 0.15) is 17.2 Å². The van der Waals surface area contributed by atoms with E-state index < -0.39 is 0 Å². The highest BCUT2D eigenvalue weighted by atomic mass is 16.5. The largest absolute Gasteiger partial charge is 0.497 e. The second-order valence-electron chi connectivity index (χ2n) is 3.69. The maximum absolute atomic E-state index is 11.6. The van der Waals surface area contributed by atoms with Crippen molar-refractivity contribution < 1.29 is 19.0 Å². The molecule has 0 unspecified atom stereocenters. The third-order valence-electron chi connectivity index (χ3n) is 2.62. The van der Waals surface area contributed by atoms with Crippen molar-refractivity contribution in [2.45, 2.75) is 6.92 Å². The highest BCUT2D eigenvalue weighted by Crippen LogP contribution is 2.31. The number of aromatic amines is 1. The fourth-order valence-corrected chi connectivity index (χ4v) is 1.78. The van der Waals surface area contributed by atoms with Gasteiger partial charge in [-0.3, -0.25) is 0 Å². The summed E-state index contributed by atoms with van der Waals surface area (Å²) >= 11 is 0. The van der Waals surface area contributed by atoms with Crippen LogP contribution < -0.4 is 9.47 Å². The lowest BCUT2D eigenvalue weighted by Crippen LogP contribution is -2.04. The molecule has 0 saturated carbocycles. The van der Waals surface area contributed by atoms with E-state index in [0.717, 1.165) is 10.9 Å². The van der Waals surface area contributed by atoms with Gasteiger partial charge in [0.05, 0.1) is 26.3 Å². The van der Waals surface area contributed by atoms with Gasteiger partial charge >= 0.3 is 5.97 Å². The molecule has 1 aromatic heterocycles. The zero-order chi connectivity index (χ0) is 13.1. The Morgan fingerprint density at radius 1 is 1.22 bits per heavy atom. The molecule has 1 N–H and O–H groups in total. The average molecular weight is 249 g/mol. The molecule has 0 radical (unpaired) electrons. The summed E-state index contributed by atoms with van der Waals surface area (Å²) in [7, 11) is 3.15. The van der Waals surface area contributed by atoms with Crippen molar-refractivity contribution in [2.75, 3.05) is 20.8 Å². The average Bonchev–Trinajstić information content (AvgIpc) is 2.81. The van der Waals surface area contributed by atoms with Crippen LogP contribution in [0.4, 0.5) is 0 Å². The molecule has 0 bridgehead atoms. The lowest BCUT2D eigenvalue weighted by molar-refractivity contribution is 0.0520. The molecule has 2 rings (SSSR count). The zero-order valence-corrected chi connectivity index (χ0v) is 10.6.